The fourth-order valence-corrected chi connectivity index (χ4v) is 3.40. The van der Waals surface area contributed by atoms with Gasteiger partial charge in [0.15, 0.2) is 5.75 Å². The summed E-state index contributed by atoms with van der Waals surface area (Å²) >= 11 is 0. The molecule has 0 radical (unpaired) electrons. The molecule has 1 aliphatic heterocycles. The molecule has 0 unspecified atom stereocenters. The first-order chi connectivity index (χ1) is 11.7. The first-order valence-electron chi connectivity index (χ1n) is 8.65. The number of anilines is 1. The molecule has 0 amide bonds. The van der Waals surface area contributed by atoms with Gasteiger partial charge in [-0.1, -0.05) is 11.6 Å². The van der Waals surface area contributed by atoms with Gasteiger partial charge in [0, 0.05) is 24.2 Å². The van der Waals surface area contributed by atoms with E-state index in [-0.39, 0.29) is 0 Å². The maximum absolute atomic E-state index is 6.22. The van der Waals surface area contributed by atoms with Crippen LogP contribution in [0.4, 0.5) is 11.4 Å². The highest BCUT2D eigenvalue weighted by atomic mass is 16.5. The van der Waals surface area contributed by atoms with E-state index in [0.717, 1.165) is 47.8 Å². The van der Waals surface area contributed by atoms with Crippen LogP contribution in [0.3, 0.4) is 0 Å². The minimum Gasteiger partial charge on any atom is -0.452 e. The maximum Gasteiger partial charge on any atom is 0.160 e. The Bertz CT molecular complexity index is 901. The third-order valence-electron chi connectivity index (χ3n) is 4.76. The van der Waals surface area contributed by atoms with Gasteiger partial charge in [-0.3, -0.25) is 0 Å². The van der Waals surface area contributed by atoms with E-state index < -0.39 is 0 Å². The lowest BCUT2D eigenvalue weighted by molar-refractivity contribution is 0.453. The summed E-state index contributed by atoms with van der Waals surface area (Å²) in [6.45, 7) is 8.52. The topological polar surface area (TPSA) is 24.8 Å². The molecule has 0 saturated heterocycles. The Labute approximate surface area is 143 Å². The normalized spacial score (nSPS) is 15.7. The van der Waals surface area contributed by atoms with Crippen molar-refractivity contribution in [2.24, 2.45) is 4.99 Å². The second kappa shape index (κ2) is 5.82. The van der Waals surface area contributed by atoms with Gasteiger partial charge in [0.1, 0.15) is 17.2 Å². The molecule has 0 fully saturated rings. The lowest BCUT2D eigenvalue weighted by atomic mass is 10.0. The molecule has 1 heterocycles. The molecular weight excluding hydrogens is 296 g/mol. The Morgan fingerprint density at radius 2 is 1.96 bits per heavy atom. The minimum atomic E-state index is 0.876. The number of fused-ring (bicyclic) bond motifs is 4. The molecule has 0 atom stereocenters. The first-order valence-corrected chi connectivity index (χ1v) is 8.65. The van der Waals surface area contributed by atoms with Crippen molar-refractivity contribution >= 4 is 27.9 Å². The van der Waals surface area contributed by atoms with Crippen molar-refractivity contribution in [2.45, 2.75) is 27.2 Å². The zero-order valence-corrected chi connectivity index (χ0v) is 14.5. The Morgan fingerprint density at radius 3 is 2.75 bits per heavy atom. The van der Waals surface area contributed by atoms with Crippen LogP contribution in [0.25, 0.3) is 10.8 Å². The molecular formula is C21H22N2O. The molecule has 0 spiro atoms. The number of nitrogens with zero attached hydrogens (tertiary/aromatic N) is 2. The van der Waals surface area contributed by atoms with Crippen molar-refractivity contribution in [1.82, 2.24) is 0 Å². The van der Waals surface area contributed by atoms with Gasteiger partial charge < -0.3 is 9.64 Å². The summed E-state index contributed by atoms with van der Waals surface area (Å²) in [5.41, 5.74) is 4.42. The Hall–Kier alpha value is -2.55. The number of allylic oxidation sites excluding steroid dienone is 3. The lowest BCUT2D eigenvalue weighted by Crippen LogP contribution is -2.21. The van der Waals surface area contributed by atoms with Gasteiger partial charge in [0.2, 0.25) is 0 Å². The van der Waals surface area contributed by atoms with E-state index in [0.29, 0.717) is 0 Å². The van der Waals surface area contributed by atoms with Crippen molar-refractivity contribution in [2.75, 3.05) is 18.0 Å². The third kappa shape index (κ3) is 2.41. The lowest BCUT2D eigenvalue weighted by Gasteiger charge is -2.24. The Balaban J connectivity index is 1.83. The summed E-state index contributed by atoms with van der Waals surface area (Å²) in [5, 5.41) is 2.32. The molecule has 4 rings (SSSR count). The van der Waals surface area contributed by atoms with Gasteiger partial charge in [-0.05, 0) is 69.0 Å². The van der Waals surface area contributed by atoms with E-state index in [2.05, 4.69) is 68.2 Å². The van der Waals surface area contributed by atoms with Crippen LogP contribution >= 0.6 is 0 Å². The first kappa shape index (κ1) is 15.0. The third-order valence-corrected chi connectivity index (χ3v) is 4.76. The molecule has 122 valence electrons. The predicted octanol–water partition coefficient (Wildman–Crippen LogP) is 5.38. The quantitative estimate of drug-likeness (QED) is 0.758. The van der Waals surface area contributed by atoms with Gasteiger partial charge >= 0.3 is 0 Å². The van der Waals surface area contributed by atoms with Gasteiger partial charge in [-0.25, -0.2) is 4.99 Å². The van der Waals surface area contributed by atoms with E-state index in [1.54, 1.807) is 0 Å². The molecule has 24 heavy (non-hydrogen) atoms. The number of hydrogen-bond acceptors (Lipinski definition) is 3. The van der Waals surface area contributed by atoms with Crippen molar-refractivity contribution in [3.63, 3.8) is 0 Å². The van der Waals surface area contributed by atoms with Crippen LogP contribution in [-0.2, 0) is 0 Å². The molecule has 2 aromatic rings. The molecule has 0 saturated carbocycles. The van der Waals surface area contributed by atoms with Crippen LogP contribution in [0, 0.1) is 0 Å². The Kier molecular flexibility index (Phi) is 3.64. The second-order valence-corrected chi connectivity index (χ2v) is 6.35. The molecule has 0 bridgehead atoms. The highest BCUT2D eigenvalue weighted by molar-refractivity contribution is 6.12. The van der Waals surface area contributed by atoms with Gasteiger partial charge in [0.25, 0.3) is 0 Å². The van der Waals surface area contributed by atoms with Crippen molar-refractivity contribution < 1.29 is 4.74 Å². The standard InChI is InChI=1S/C21H22N2O/c1-4-23(5-2)16-8-9-17-15(13-16)7-10-18-21(17)24-20-11-6-14(3)12-19(20)22-18/h7-13H,4-6H2,1-3H3. The van der Waals surface area contributed by atoms with Crippen molar-refractivity contribution in [1.29, 1.82) is 0 Å². The molecule has 3 nitrogen and oxygen atoms in total. The number of hydrogen-bond donors (Lipinski definition) is 0. The van der Waals surface area contributed by atoms with Crippen LogP contribution < -0.4 is 9.64 Å². The van der Waals surface area contributed by atoms with E-state index in [4.69, 9.17) is 9.73 Å². The number of benzene rings is 2. The summed E-state index contributed by atoms with van der Waals surface area (Å²) in [6, 6.07) is 10.8. The van der Waals surface area contributed by atoms with Crippen LogP contribution in [0.2, 0.25) is 0 Å². The van der Waals surface area contributed by atoms with Gasteiger partial charge in [0.05, 0.1) is 0 Å². The molecule has 2 aromatic carbocycles. The van der Waals surface area contributed by atoms with Crippen LogP contribution in [-0.4, -0.2) is 18.8 Å². The highest BCUT2D eigenvalue weighted by Crippen LogP contribution is 2.42. The van der Waals surface area contributed by atoms with Crippen LogP contribution in [0.1, 0.15) is 27.2 Å². The van der Waals surface area contributed by atoms with E-state index in [1.165, 1.54) is 16.6 Å². The van der Waals surface area contributed by atoms with Crippen molar-refractivity contribution in [3.05, 3.63) is 53.8 Å². The van der Waals surface area contributed by atoms with Crippen LogP contribution in [0.5, 0.6) is 5.75 Å². The number of ether oxygens (including phenoxy) is 1. The largest absolute Gasteiger partial charge is 0.452 e. The molecule has 1 aliphatic carbocycles. The highest BCUT2D eigenvalue weighted by Gasteiger charge is 2.22. The SMILES string of the molecule is CCN(CC)c1ccc2c3c(ccc2c1)N=C1C=C(C)CC=C1O3. The summed E-state index contributed by atoms with van der Waals surface area (Å²) in [7, 11) is 0. The molecule has 2 aliphatic rings. The molecule has 0 N–H and O–H groups in total. The predicted molar refractivity (Wildman–Crippen MR) is 102 cm³/mol. The monoisotopic (exact) mass is 318 g/mol. The zero-order valence-electron chi connectivity index (χ0n) is 14.5. The second-order valence-electron chi connectivity index (χ2n) is 6.35. The smallest absolute Gasteiger partial charge is 0.160 e. The Morgan fingerprint density at radius 1 is 1.12 bits per heavy atom. The number of aliphatic imine (C=N–C) groups is 1. The average Bonchev–Trinajstić information content (AvgIpc) is 2.61. The minimum absolute atomic E-state index is 0.876. The molecule has 3 heteroatoms. The van der Waals surface area contributed by atoms with Gasteiger partial charge in [-0.2, -0.15) is 0 Å². The van der Waals surface area contributed by atoms with Crippen LogP contribution in [0.15, 0.2) is 58.8 Å². The zero-order chi connectivity index (χ0) is 16.7. The summed E-state index contributed by atoms with van der Waals surface area (Å²) in [4.78, 5) is 7.15. The number of rotatable bonds is 3. The van der Waals surface area contributed by atoms with E-state index >= 15 is 0 Å². The summed E-state index contributed by atoms with van der Waals surface area (Å²) in [5.74, 6) is 1.76. The molecule has 0 aromatic heterocycles. The average molecular weight is 318 g/mol. The fraction of sp³-hybridized carbons (Fsp3) is 0.286. The van der Waals surface area contributed by atoms with Gasteiger partial charge in [-0.15, -0.1) is 0 Å². The van der Waals surface area contributed by atoms with E-state index in [1.807, 2.05) is 0 Å². The van der Waals surface area contributed by atoms with E-state index in [9.17, 15) is 0 Å². The summed E-state index contributed by atoms with van der Waals surface area (Å²) in [6.07, 6.45) is 5.17. The van der Waals surface area contributed by atoms with Crippen molar-refractivity contribution in [3.8, 4) is 5.75 Å². The summed E-state index contributed by atoms with van der Waals surface area (Å²) < 4.78 is 6.22. The fourth-order valence-electron chi connectivity index (χ4n) is 3.40. The maximum atomic E-state index is 6.22.